The van der Waals surface area contributed by atoms with Gasteiger partial charge in [0.2, 0.25) is 0 Å². The van der Waals surface area contributed by atoms with Gasteiger partial charge in [-0.3, -0.25) is 14.5 Å². The Kier molecular flexibility index (Phi) is 10.6. The molecule has 4 rings (SSSR count). The molecule has 1 amide bonds. The first-order chi connectivity index (χ1) is 21.1. The number of hydrogen-bond acceptors (Lipinski definition) is 8. The Morgan fingerprint density at radius 3 is 2.00 bits per heavy atom. The van der Waals surface area contributed by atoms with Crippen LogP contribution in [0.2, 0.25) is 10.0 Å². The molecule has 0 radical (unpaired) electrons. The van der Waals surface area contributed by atoms with Gasteiger partial charge in [0.05, 0.1) is 42.1 Å². The Morgan fingerprint density at radius 2 is 1.41 bits per heavy atom. The average molecular weight is 642 g/mol. The highest BCUT2D eigenvalue weighted by Gasteiger charge is 2.25. The van der Waals surface area contributed by atoms with Gasteiger partial charge in [-0.05, 0) is 85.8 Å². The maximum absolute atomic E-state index is 13.4. The summed E-state index contributed by atoms with van der Waals surface area (Å²) in [6.07, 6.45) is -0.900. The Bertz CT molecular complexity index is 1640. The molecule has 0 atom stereocenters. The molecule has 0 saturated carbocycles. The minimum absolute atomic E-state index is 0.0131. The van der Waals surface area contributed by atoms with Crippen molar-refractivity contribution in [1.29, 1.82) is 0 Å². The Labute approximate surface area is 262 Å². The monoisotopic (exact) mass is 641 g/mol. The second-order valence-electron chi connectivity index (χ2n) is 8.97. The standard InChI is InChI=1S/C32H26Cl2FNO8/c1-4-42-29(37)18-36(32(39)44-23-11-9-22(40-2)10-12-23)21-15-26(33)31(27(34)16-21)43-24-13-14-28(41-3)25(17-24)30(38)19-5-7-20(35)8-6-19/h5-17H,4,18H2,1-3H3. The van der Waals surface area contributed by atoms with Crippen LogP contribution >= 0.6 is 23.2 Å². The molecule has 228 valence electrons. The lowest BCUT2D eigenvalue weighted by molar-refractivity contribution is -0.141. The van der Waals surface area contributed by atoms with E-state index in [2.05, 4.69) is 0 Å². The predicted molar refractivity (Wildman–Crippen MR) is 162 cm³/mol. The van der Waals surface area contributed by atoms with E-state index >= 15 is 0 Å². The summed E-state index contributed by atoms with van der Waals surface area (Å²) in [6.45, 7) is 1.24. The fourth-order valence-corrected chi connectivity index (χ4v) is 4.55. The van der Waals surface area contributed by atoms with E-state index in [1.807, 2.05) is 0 Å². The number of ketones is 1. The van der Waals surface area contributed by atoms with Crippen LogP contribution in [0.1, 0.15) is 22.8 Å². The van der Waals surface area contributed by atoms with Crippen LogP contribution in [0.5, 0.6) is 28.7 Å². The number of carbonyl (C=O) groups is 3. The molecule has 4 aromatic carbocycles. The van der Waals surface area contributed by atoms with Crippen molar-refractivity contribution in [2.45, 2.75) is 6.92 Å². The van der Waals surface area contributed by atoms with E-state index in [4.69, 9.17) is 46.9 Å². The van der Waals surface area contributed by atoms with E-state index in [1.165, 1.54) is 74.9 Å². The third-order valence-corrected chi connectivity index (χ3v) is 6.68. The Morgan fingerprint density at radius 1 is 0.795 bits per heavy atom. The van der Waals surface area contributed by atoms with Crippen LogP contribution in [-0.2, 0) is 9.53 Å². The van der Waals surface area contributed by atoms with Crippen molar-refractivity contribution in [1.82, 2.24) is 0 Å². The molecule has 0 spiro atoms. The van der Waals surface area contributed by atoms with Gasteiger partial charge < -0.3 is 23.7 Å². The summed E-state index contributed by atoms with van der Waals surface area (Å²) in [4.78, 5) is 39.7. The van der Waals surface area contributed by atoms with Crippen molar-refractivity contribution < 1.29 is 42.5 Å². The maximum Gasteiger partial charge on any atom is 0.420 e. The second-order valence-corrected chi connectivity index (χ2v) is 9.79. The van der Waals surface area contributed by atoms with Crippen LogP contribution in [0, 0.1) is 5.82 Å². The first-order valence-electron chi connectivity index (χ1n) is 13.1. The lowest BCUT2D eigenvalue weighted by atomic mass is 10.0. The van der Waals surface area contributed by atoms with Gasteiger partial charge in [0.1, 0.15) is 35.4 Å². The van der Waals surface area contributed by atoms with Crippen molar-refractivity contribution in [3.8, 4) is 28.7 Å². The highest BCUT2D eigenvalue weighted by molar-refractivity contribution is 6.37. The fraction of sp³-hybridized carbons (Fsp3) is 0.156. The van der Waals surface area contributed by atoms with Gasteiger partial charge in [-0.25, -0.2) is 9.18 Å². The lowest BCUT2D eigenvalue weighted by Crippen LogP contribution is -2.38. The van der Waals surface area contributed by atoms with Crippen LogP contribution in [0.3, 0.4) is 0 Å². The van der Waals surface area contributed by atoms with Gasteiger partial charge in [-0.15, -0.1) is 0 Å². The number of ether oxygens (including phenoxy) is 5. The minimum atomic E-state index is -0.900. The first-order valence-corrected chi connectivity index (χ1v) is 13.8. The molecule has 12 heteroatoms. The second kappa shape index (κ2) is 14.6. The van der Waals surface area contributed by atoms with Gasteiger partial charge in [0.25, 0.3) is 0 Å². The minimum Gasteiger partial charge on any atom is -0.497 e. The molecule has 9 nitrogen and oxygen atoms in total. The zero-order chi connectivity index (χ0) is 31.8. The van der Waals surface area contributed by atoms with Crippen molar-refractivity contribution in [2.24, 2.45) is 0 Å². The van der Waals surface area contributed by atoms with Gasteiger partial charge in [-0.2, -0.15) is 0 Å². The number of esters is 1. The molecule has 0 heterocycles. The van der Waals surface area contributed by atoms with E-state index in [0.717, 1.165) is 4.90 Å². The van der Waals surface area contributed by atoms with E-state index in [0.29, 0.717) is 5.75 Å². The van der Waals surface area contributed by atoms with Crippen LogP contribution in [-0.4, -0.2) is 45.2 Å². The number of benzene rings is 4. The molecule has 0 fully saturated rings. The predicted octanol–water partition coefficient (Wildman–Crippen LogP) is 7.74. The SMILES string of the molecule is CCOC(=O)CN(C(=O)Oc1ccc(OC)cc1)c1cc(Cl)c(Oc2ccc(OC)c(C(=O)c3ccc(F)cc3)c2)c(Cl)c1. The smallest absolute Gasteiger partial charge is 0.420 e. The number of amides is 1. The summed E-state index contributed by atoms with van der Waals surface area (Å²) < 4.78 is 40.3. The molecule has 0 saturated heterocycles. The van der Waals surface area contributed by atoms with Crippen LogP contribution < -0.4 is 23.8 Å². The molecule has 0 aliphatic carbocycles. The van der Waals surface area contributed by atoms with Crippen LogP contribution in [0.25, 0.3) is 0 Å². The highest BCUT2D eigenvalue weighted by Crippen LogP contribution is 2.41. The largest absolute Gasteiger partial charge is 0.497 e. The van der Waals surface area contributed by atoms with Gasteiger partial charge >= 0.3 is 12.1 Å². The van der Waals surface area contributed by atoms with Crippen molar-refractivity contribution >= 4 is 46.7 Å². The normalized spacial score (nSPS) is 10.5. The molecular formula is C32H26Cl2FNO8. The molecule has 0 aliphatic rings. The zero-order valence-electron chi connectivity index (χ0n) is 23.8. The topological polar surface area (TPSA) is 101 Å². The van der Waals surface area contributed by atoms with Gasteiger partial charge in [0.15, 0.2) is 11.5 Å². The lowest BCUT2D eigenvalue weighted by Gasteiger charge is -2.22. The molecule has 0 aromatic heterocycles. The number of hydrogen-bond donors (Lipinski definition) is 0. The molecule has 44 heavy (non-hydrogen) atoms. The zero-order valence-corrected chi connectivity index (χ0v) is 25.3. The molecule has 0 aliphatic heterocycles. The van der Waals surface area contributed by atoms with E-state index in [-0.39, 0.29) is 56.5 Å². The number of methoxy groups -OCH3 is 2. The molecule has 0 unspecified atom stereocenters. The van der Waals surface area contributed by atoms with Crippen molar-refractivity contribution in [3.05, 3.63) is 106 Å². The van der Waals surface area contributed by atoms with E-state index in [1.54, 1.807) is 25.1 Å². The molecule has 4 aromatic rings. The summed E-state index contributed by atoms with van der Waals surface area (Å²) in [5.74, 6) is -0.360. The van der Waals surface area contributed by atoms with Gasteiger partial charge in [-0.1, -0.05) is 23.2 Å². The summed E-state index contributed by atoms with van der Waals surface area (Å²) in [6, 6.07) is 18.6. The first kappa shape index (κ1) is 32.1. The molecule has 0 N–H and O–H groups in total. The maximum atomic E-state index is 13.4. The Hall–Kier alpha value is -4.80. The number of rotatable bonds is 11. The number of carbonyl (C=O) groups excluding carboxylic acids is 3. The summed E-state index contributed by atoms with van der Waals surface area (Å²) in [7, 11) is 2.91. The van der Waals surface area contributed by atoms with Gasteiger partial charge in [0, 0.05) is 5.56 Å². The number of halogens is 3. The quantitative estimate of drug-likeness (QED) is 0.121. The fourth-order valence-electron chi connectivity index (χ4n) is 4.00. The van der Waals surface area contributed by atoms with Crippen LogP contribution in [0.4, 0.5) is 14.9 Å². The van der Waals surface area contributed by atoms with Crippen molar-refractivity contribution in [3.63, 3.8) is 0 Å². The molecule has 0 bridgehead atoms. The number of anilines is 1. The van der Waals surface area contributed by atoms with Crippen LogP contribution in [0.15, 0.2) is 78.9 Å². The summed E-state index contributed by atoms with van der Waals surface area (Å²) in [5.41, 5.74) is 0.522. The summed E-state index contributed by atoms with van der Waals surface area (Å²) in [5, 5.41) is -0.0262. The summed E-state index contributed by atoms with van der Waals surface area (Å²) >= 11 is 13.1. The third kappa shape index (κ3) is 7.77. The van der Waals surface area contributed by atoms with Crippen molar-refractivity contribution in [2.75, 3.05) is 32.3 Å². The Balaban J connectivity index is 1.63. The van der Waals surface area contributed by atoms with E-state index in [9.17, 15) is 18.8 Å². The highest BCUT2D eigenvalue weighted by atomic mass is 35.5. The van der Waals surface area contributed by atoms with E-state index < -0.39 is 30.2 Å². The number of nitrogens with zero attached hydrogens (tertiary/aromatic N) is 1. The third-order valence-electron chi connectivity index (χ3n) is 6.11. The average Bonchev–Trinajstić information content (AvgIpc) is 3.02. The molecular weight excluding hydrogens is 616 g/mol.